The van der Waals surface area contributed by atoms with E-state index >= 15 is 0 Å². The minimum Gasteiger partial charge on any atom is -0.478 e. The molecule has 0 spiro atoms. The van der Waals surface area contributed by atoms with Crippen molar-refractivity contribution in [2.75, 3.05) is 5.32 Å². The van der Waals surface area contributed by atoms with Gasteiger partial charge in [-0.25, -0.2) is 9.79 Å². The van der Waals surface area contributed by atoms with Gasteiger partial charge in [0, 0.05) is 11.1 Å². The molecule has 0 aliphatic rings. The van der Waals surface area contributed by atoms with Crippen molar-refractivity contribution in [3.8, 4) is 0 Å². The van der Waals surface area contributed by atoms with Crippen LogP contribution in [-0.4, -0.2) is 17.0 Å². The van der Waals surface area contributed by atoms with E-state index in [1.54, 1.807) is 12.1 Å². The smallest absolute Gasteiger partial charge is 0.335 e. The molecule has 6 nitrogen and oxygen atoms in total. The van der Waals surface area contributed by atoms with Crippen molar-refractivity contribution >= 4 is 34.3 Å². The fraction of sp³-hybridized carbons (Fsp3) is 0.0588. The number of hydrogen-bond acceptors (Lipinski definition) is 3. The number of furan rings is 1. The summed E-state index contributed by atoms with van der Waals surface area (Å²) in [5.74, 6) is 0.0836. The lowest BCUT2D eigenvalue weighted by Crippen LogP contribution is -2.21. The number of aromatic carboxylic acids is 1. The molecule has 0 aliphatic heterocycles. The predicted octanol–water partition coefficient (Wildman–Crippen LogP) is 3.50. The number of aryl methyl sites for hydroxylation is 1. The fourth-order valence-electron chi connectivity index (χ4n) is 2.25. The first-order valence-corrected chi connectivity index (χ1v) is 6.96. The second kappa shape index (κ2) is 5.84. The highest BCUT2D eigenvalue weighted by atomic mass is 16.4. The van der Waals surface area contributed by atoms with Crippen molar-refractivity contribution in [1.29, 1.82) is 0 Å². The average molecular weight is 309 g/mol. The van der Waals surface area contributed by atoms with Gasteiger partial charge in [0.05, 0.1) is 11.3 Å². The van der Waals surface area contributed by atoms with Crippen molar-refractivity contribution in [2.24, 2.45) is 10.7 Å². The summed E-state index contributed by atoms with van der Waals surface area (Å²) in [6, 6.07) is 13.7. The zero-order valence-corrected chi connectivity index (χ0v) is 12.4. The van der Waals surface area contributed by atoms with Crippen LogP contribution in [0.3, 0.4) is 0 Å². The summed E-state index contributed by atoms with van der Waals surface area (Å²) in [6.45, 7) is 1.89. The van der Waals surface area contributed by atoms with Gasteiger partial charge in [-0.1, -0.05) is 0 Å². The Labute approximate surface area is 132 Å². The van der Waals surface area contributed by atoms with Gasteiger partial charge in [0.2, 0.25) is 0 Å². The molecule has 0 unspecified atom stereocenters. The van der Waals surface area contributed by atoms with Crippen molar-refractivity contribution in [3.63, 3.8) is 0 Å². The Bertz CT molecular complexity index is 895. The van der Waals surface area contributed by atoms with Gasteiger partial charge in [-0.2, -0.15) is 0 Å². The SMILES string of the molecule is Cc1cc2cc(NC(N)=Nc3ccc(C(=O)O)cc3)ccc2o1. The molecule has 0 saturated heterocycles. The minimum atomic E-state index is -0.977. The molecule has 4 N–H and O–H groups in total. The Hall–Kier alpha value is -3.28. The average Bonchev–Trinajstić information content (AvgIpc) is 2.87. The number of guanidine groups is 1. The maximum Gasteiger partial charge on any atom is 0.335 e. The maximum atomic E-state index is 10.8. The zero-order chi connectivity index (χ0) is 16.4. The lowest BCUT2D eigenvalue weighted by atomic mass is 10.2. The molecule has 0 atom stereocenters. The number of carbonyl (C=O) groups is 1. The Kier molecular flexibility index (Phi) is 3.72. The zero-order valence-electron chi connectivity index (χ0n) is 12.4. The molecular weight excluding hydrogens is 294 g/mol. The highest BCUT2D eigenvalue weighted by molar-refractivity contribution is 5.96. The number of carboxylic acid groups (broad SMARTS) is 1. The molecule has 116 valence electrons. The number of nitrogens with two attached hydrogens (primary N) is 1. The van der Waals surface area contributed by atoms with Crippen LogP contribution in [0.4, 0.5) is 11.4 Å². The first-order chi connectivity index (χ1) is 11.0. The molecule has 3 rings (SSSR count). The summed E-state index contributed by atoms with van der Waals surface area (Å²) < 4.78 is 5.52. The van der Waals surface area contributed by atoms with Gasteiger partial charge >= 0.3 is 5.97 Å². The molecule has 0 fully saturated rings. The van der Waals surface area contributed by atoms with Crippen LogP contribution in [-0.2, 0) is 0 Å². The van der Waals surface area contributed by atoms with Gasteiger partial charge in [-0.05, 0) is 55.5 Å². The van der Waals surface area contributed by atoms with E-state index in [9.17, 15) is 4.79 Å². The third kappa shape index (κ3) is 3.32. The molecule has 3 aromatic rings. The van der Waals surface area contributed by atoms with Gasteiger partial charge in [-0.3, -0.25) is 0 Å². The van der Waals surface area contributed by atoms with Crippen LogP contribution in [0.15, 0.2) is 57.9 Å². The number of anilines is 1. The predicted molar refractivity (Wildman–Crippen MR) is 89.3 cm³/mol. The fourth-order valence-corrected chi connectivity index (χ4v) is 2.25. The van der Waals surface area contributed by atoms with Gasteiger partial charge in [0.1, 0.15) is 11.3 Å². The van der Waals surface area contributed by atoms with Gasteiger partial charge < -0.3 is 20.6 Å². The summed E-state index contributed by atoms with van der Waals surface area (Å²) in [4.78, 5) is 15.0. The maximum absolute atomic E-state index is 10.8. The molecule has 0 amide bonds. The number of nitrogens with zero attached hydrogens (tertiary/aromatic N) is 1. The third-order valence-electron chi connectivity index (χ3n) is 3.28. The van der Waals surface area contributed by atoms with Crippen molar-refractivity contribution in [1.82, 2.24) is 0 Å². The van der Waals surface area contributed by atoms with Gasteiger partial charge in [-0.15, -0.1) is 0 Å². The van der Waals surface area contributed by atoms with Crippen LogP contribution in [0, 0.1) is 6.92 Å². The summed E-state index contributed by atoms with van der Waals surface area (Å²) in [5, 5.41) is 12.8. The van der Waals surface area contributed by atoms with Crippen LogP contribution < -0.4 is 11.1 Å². The number of aliphatic imine (C=N–C) groups is 1. The summed E-state index contributed by atoms with van der Waals surface area (Å²) in [6.07, 6.45) is 0. The molecular formula is C17H15N3O3. The van der Waals surface area contributed by atoms with E-state index in [2.05, 4.69) is 10.3 Å². The first kappa shape index (κ1) is 14.6. The van der Waals surface area contributed by atoms with Crippen LogP contribution in [0.5, 0.6) is 0 Å². The largest absolute Gasteiger partial charge is 0.478 e. The second-order valence-corrected chi connectivity index (χ2v) is 5.08. The topological polar surface area (TPSA) is 101 Å². The molecule has 23 heavy (non-hydrogen) atoms. The molecule has 1 heterocycles. The Morgan fingerprint density at radius 1 is 1.17 bits per heavy atom. The van der Waals surface area contributed by atoms with Crippen molar-refractivity contribution < 1.29 is 14.3 Å². The lowest BCUT2D eigenvalue weighted by Gasteiger charge is -2.05. The van der Waals surface area contributed by atoms with Gasteiger partial charge in [0.25, 0.3) is 0 Å². The Balaban J connectivity index is 1.78. The molecule has 0 radical (unpaired) electrons. The van der Waals surface area contributed by atoms with E-state index in [-0.39, 0.29) is 11.5 Å². The van der Waals surface area contributed by atoms with Crippen molar-refractivity contribution in [2.45, 2.75) is 6.92 Å². The van der Waals surface area contributed by atoms with Crippen LogP contribution >= 0.6 is 0 Å². The Morgan fingerprint density at radius 2 is 1.91 bits per heavy atom. The highest BCUT2D eigenvalue weighted by Crippen LogP contribution is 2.22. The number of benzene rings is 2. The van der Waals surface area contributed by atoms with E-state index in [1.165, 1.54) is 12.1 Å². The quantitative estimate of drug-likeness (QED) is 0.508. The number of carboxylic acids is 1. The molecule has 0 saturated carbocycles. The minimum absolute atomic E-state index is 0.205. The molecule has 1 aromatic heterocycles. The van der Waals surface area contributed by atoms with Crippen LogP contribution in [0.25, 0.3) is 11.0 Å². The van der Waals surface area contributed by atoms with E-state index in [4.69, 9.17) is 15.3 Å². The third-order valence-corrected chi connectivity index (χ3v) is 3.28. The van der Waals surface area contributed by atoms with E-state index in [0.717, 1.165) is 22.4 Å². The molecule has 2 aromatic carbocycles. The molecule has 6 heteroatoms. The lowest BCUT2D eigenvalue weighted by molar-refractivity contribution is 0.0697. The highest BCUT2D eigenvalue weighted by Gasteiger charge is 2.04. The van der Waals surface area contributed by atoms with E-state index in [0.29, 0.717) is 5.69 Å². The van der Waals surface area contributed by atoms with E-state index < -0.39 is 5.97 Å². The number of rotatable bonds is 3. The summed E-state index contributed by atoms with van der Waals surface area (Å²) in [7, 11) is 0. The first-order valence-electron chi connectivity index (χ1n) is 6.96. The van der Waals surface area contributed by atoms with Crippen LogP contribution in [0.2, 0.25) is 0 Å². The van der Waals surface area contributed by atoms with E-state index in [1.807, 2.05) is 31.2 Å². The monoisotopic (exact) mass is 309 g/mol. The number of hydrogen-bond donors (Lipinski definition) is 3. The Morgan fingerprint density at radius 3 is 2.61 bits per heavy atom. The van der Waals surface area contributed by atoms with Gasteiger partial charge in [0.15, 0.2) is 5.96 Å². The standard InChI is InChI=1S/C17H15N3O3/c1-10-8-12-9-14(6-7-15(12)23-10)20-17(18)19-13-4-2-11(3-5-13)16(21)22/h2-9H,1H3,(H,21,22)(H3,18,19,20). The molecule has 0 aliphatic carbocycles. The summed E-state index contributed by atoms with van der Waals surface area (Å²) in [5.41, 5.74) is 8.26. The normalized spacial score (nSPS) is 11.6. The number of nitrogens with one attached hydrogen (secondary N) is 1. The molecule has 0 bridgehead atoms. The van der Waals surface area contributed by atoms with Crippen molar-refractivity contribution in [3.05, 3.63) is 59.9 Å². The second-order valence-electron chi connectivity index (χ2n) is 5.08. The summed E-state index contributed by atoms with van der Waals surface area (Å²) >= 11 is 0. The van der Waals surface area contributed by atoms with Crippen LogP contribution in [0.1, 0.15) is 16.1 Å². The number of fused-ring (bicyclic) bond motifs is 1.